The van der Waals surface area contributed by atoms with Crippen LogP contribution in [0.5, 0.6) is 0 Å². The number of halogens is 6. The van der Waals surface area contributed by atoms with Crippen molar-refractivity contribution in [2.45, 2.75) is 32.2 Å². The fraction of sp³-hybridized carbons (Fsp3) is 0.250. The molecule has 0 fully saturated rings. The second-order valence-electron chi connectivity index (χ2n) is 7.61. The van der Waals surface area contributed by atoms with Gasteiger partial charge >= 0.3 is 12.4 Å². The molecular weight excluding hydrogens is 462 g/mol. The monoisotopic (exact) mass is 482 g/mol. The van der Waals surface area contributed by atoms with E-state index in [-0.39, 0.29) is 30.2 Å². The Hall–Kier alpha value is -3.40. The largest absolute Gasteiger partial charge is 0.416 e. The fourth-order valence-electron chi connectivity index (χ4n) is 3.43. The zero-order valence-electron chi connectivity index (χ0n) is 17.9. The Bertz CT molecular complexity index is 1160. The van der Waals surface area contributed by atoms with Crippen molar-refractivity contribution in [3.05, 3.63) is 88.2 Å². The van der Waals surface area contributed by atoms with Gasteiger partial charge in [0.15, 0.2) is 0 Å². The second kappa shape index (κ2) is 9.84. The standard InChI is InChI=1S/C24H20F6N2O2/c1-14-4-2-3-5-19(14)20-11-18(6-7-33)31-13-21(20)22(34)32-12-15-8-16(23(25,26)27)10-17(9-15)24(28,29)30/h2-5,8-11,13,33H,6-7,12H2,1H3,(H,32,34). The lowest BCUT2D eigenvalue weighted by molar-refractivity contribution is -0.143. The summed E-state index contributed by atoms with van der Waals surface area (Å²) >= 11 is 0. The number of benzene rings is 2. The van der Waals surface area contributed by atoms with Gasteiger partial charge in [0.25, 0.3) is 5.91 Å². The predicted molar refractivity (Wildman–Crippen MR) is 113 cm³/mol. The number of nitrogens with one attached hydrogen (secondary N) is 1. The minimum absolute atomic E-state index is 0.0331. The number of alkyl halides is 6. The highest BCUT2D eigenvalue weighted by atomic mass is 19.4. The quantitative estimate of drug-likeness (QED) is 0.453. The number of aryl methyl sites for hydroxylation is 1. The zero-order chi connectivity index (χ0) is 25.1. The van der Waals surface area contributed by atoms with Crippen LogP contribution in [0.4, 0.5) is 26.3 Å². The van der Waals surface area contributed by atoms with Gasteiger partial charge in [0.2, 0.25) is 0 Å². The first kappa shape index (κ1) is 25.2. The van der Waals surface area contributed by atoms with Crippen molar-refractivity contribution in [1.82, 2.24) is 10.3 Å². The van der Waals surface area contributed by atoms with Gasteiger partial charge in [0, 0.05) is 31.5 Å². The summed E-state index contributed by atoms with van der Waals surface area (Å²) in [5.41, 5.74) is -0.627. The normalized spacial score (nSPS) is 12.0. The summed E-state index contributed by atoms with van der Waals surface area (Å²) in [6.07, 6.45) is -8.45. The van der Waals surface area contributed by atoms with Gasteiger partial charge < -0.3 is 10.4 Å². The summed E-state index contributed by atoms with van der Waals surface area (Å²) in [4.78, 5) is 17.0. The van der Waals surface area contributed by atoms with E-state index in [1.165, 1.54) is 6.20 Å². The lowest BCUT2D eigenvalue weighted by Crippen LogP contribution is -2.24. The molecule has 3 aromatic rings. The van der Waals surface area contributed by atoms with Crippen molar-refractivity contribution in [1.29, 1.82) is 0 Å². The topological polar surface area (TPSA) is 62.2 Å². The Labute approximate surface area is 191 Å². The number of carbonyl (C=O) groups excluding carboxylic acids is 1. The van der Waals surface area contributed by atoms with Crippen LogP contribution in [-0.2, 0) is 25.3 Å². The molecule has 0 saturated heterocycles. The molecule has 0 unspecified atom stereocenters. The Kier molecular flexibility index (Phi) is 7.30. The smallest absolute Gasteiger partial charge is 0.396 e. The van der Waals surface area contributed by atoms with Crippen LogP contribution in [0.1, 0.15) is 38.3 Å². The second-order valence-corrected chi connectivity index (χ2v) is 7.61. The highest BCUT2D eigenvalue weighted by Gasteiger charge is 2.36. The van der Waals surface area contributed by atoms with Crippen LogP contribution in [-0.4, -0.2) is 22.6 Å². The van der Waals surface area contributed by atoms with E-state index in [2.05, 4.69) is 10.3 Å². The van der Waals surface area contributed by atoms with Gasteiger partial charge in [-0.25, -0.2) is 0 Å². The van der Waals surface area contributed by atoms with Gasteiger partial charge in [-0.15, -0.1) is 0 Å². The minimum atomic E-state index is -4.98. The third kappa shape index (κ3) is 5.93. The molecule has 0 aliphatic rings. The molecule has 180 valence electrons. The third-order valence-corrected chi connectivity index (χ3v) is 5.11. The maximum Gasteiger partial charge on any atom is 0.416 e. The molecule has 0 aliphatic heterocycles. The van der Waals surface area contributed by atoms with Crippen molar-refractivity contribution in [3.8, 4) is 11.1 Å². The van der Waals surface area contributed by atoms with Gasteiger partial charge in [-0.2, -0.15) is 26.3 Å². The summed E-state index contributed by atoms with van der Waals surface area (Å²) in [7, 11) is 0. The lowest BCUT2D eigenvalue weighted by atomic mass is 9.96. The van der Waals surface area contributed by atoms with Crippen molar-refractivity contribution >= 4 is 5.91 Å². The average Bonchev–Trinajstić information content (AvgIpc) is 2.76. The first-order chi connectivity index (χ1) is 15.9. The maximum absolute atomic E-state index is 13.1. The van der Waals surface area contributed by atoms with Crippen LogP contribution < -0.4 is 5.32 Å². The van der Waals surface area contributed by atoms with Gasteiger partial charge in [0.1, 0.15) is 0 Å². The number of hydrogen-bond donors (Lipinski definition) is 2. The van der Waals surface area contributed by atoms with E-state index in [0.717, 1.165) is 5.56 Å². The van der Waals surface area contributed by atoms with Gasteiger partial charge in [-0.1, -0.05) is 24.3 Å². The summed E-state index contributed by atoms with van der Waals surface area (Å²) in [5, 5.41) is 11.6. The van der Waals surface area contributed by atoms with E-state index < -0.39 is 35.9 Å². The fourth-order valence-corrected chi connectivity index (χ4v) is 3.43. The molecule has 2 aromatic carbocycles. The van der Waals surface area contributed by atoms with Crippen molar-refractivity contribution in [2.24, 2.45) is 0 Å². The molecule has 0 bridgehead atoms. The Morgan fingerprint density at radius 1 is 0.941 bits per heavy atom. The number of aliphatic hydroxyl groups is 1. The summed E-state index contributed by atoms with van der Waals surface area (Å²) in [6.45, 7) is 1.10. The van der Waals surface area contributed by atoms with Crippen LogP contribution in [0, 0.1) is 6.92 Å². The number of carbonyl (C=O) groups is 1. The van der Waals surface area contributed by atoms with Crippen LogP contribution in [0.2, 0.25) is 0 Å². The van der Waals surface area contributed by atoms with E-state index in [4.69, 9.17) is 0 Å². The van der Waals surface area contributed by atoms with Crippen molar-refractivity contribution in [2.75, 3.05) is 6.61 Å². The minimum Gasteiger partial charge on any atom is -0.396 e. The number of pyridine rings is 1. The molecule has 34 heavy (non-hydrogen) atoms. The molecule has 1 aromatic heterocycles. The summed E-state index contributed by atoms with van der Waals surface area (Å²) in [6, 6.07) is 9.96. The maximum atomic E-state index is 13.1. The Morgan fingerprint density at radius 2 is 1.56 bits per heavy atom. The number of rotatable bonds is 6. The molecule has 3 rings (SSSR count). The van der Waals surface area contributed by atoms with Gasteiger partial charge in [-0.3, -0.25) is 9.78 Å². The Morgan fingerprint density at radius 3 is 2.12 bits per heavy atom. The molecule has 10 heteroatoms. The van der Waals surface area contributed by atoms with E-state index in [9.17, 15) is 36.2 Å². The summed E-state index contributed by atoms with van der Waals surface area (Å²) < 4.78 is 78.6. The first-order valence-electron chi connectivity index (χ1n) is 10.1. The van der Waals surface area contributed by atoms with Crippen molar-refractivity contribution in [3.63, 3.8) is 0 Å². The predicted octanol–water partition coefficient (Wildman–Crippen LogP) is 5.56. The average molecular weight is 482 g/mol. The molecule has 1 amide bonds. The number of hydrogen-bond acceptors (Lipinski definition) is 3. The van der Waals surface area contributed by atoms with Crippen molar-refractivity contribution < 1.29 is 36.2 Å². The van der Waals surface area contributed by atoms with E-state index in [1.54, 1.807) is 24.3 Å². The van der Waals surface area contributed by atoms with E-state index >= 15 is 0 Å². The number of aliphatic hydroxyl groups excluding tert-OH is 1. The number of nitrogens with zero attached hydrogens (tertiary/aromatic N) is 1. The highest BCUT2D eigenvalue weighted by Crippen LogP contribution is 2.36. The SMILES string of the molecule is Cc1ccccc1-c1cc(CCO)ncc1C(=O)NCc1cc(C(F)(F)F)cc(C(F)(F)F)c1. The molecular formula is C24H20F6N2O2. The molecule has 2 N–H and O–H groups in total. The number of amides is 1. The van der Waals surface area contributed by atoms with Gasteiger partial charge in [0.05, 0.1) is 16.7 Å². The van der Waals surface area contributed by atoms with Gasteiger partial charge in [-0.05, 0) is 53.4 Å². The molecule has 0 radical (unpaired) electrons. The molecule has 4 nitrogen and oxygen atoms in total. The first-order valence-corrected chi connectivity index (χ1v) is 10.1. The van der Waals surface area contributed by atoms with E-state index in [1.807, 2.05) is 13.0 Å². The molecule has 1 heterocycles. The highest BCUT2D eigenvalue weighted by molar-refractivity contribution is 6.01. The molecule has 0 aliphatic carbocycles. The van der Waals surface area contributed by atoms with Crippen LogP contribution >= 0.6 is 0 Å². The Balaban J connectivity index is 1.94. The van der Waals surface area contributed by atoms with E-state index in [0.29, 0.717) is 29.0 Å². The van der Waals surface area contributed by atoms with Crippen LogP contribution in [0.3, 0.4) is 0 Å². The summed E-state index contributed by atoms with van der Waals surface area (Å²) in [5.74, 6) is -0.715. The lowest BCUT2D eigenvalue weighted by Gasteiger charge is -2.16. The molecule has 0 atom stereocenters. The molecule has 0 saturated carbocycles. The number of aromatic nitrogens is 1. The van der Waals surface area contributed by atoms with Crippen LogP contribution in [0.25, 0.3) is 11.1 Å². The molecule has 0 spiro atoms. The van der Waals surface area contributed by atoms with Crippen LogP contribution in [0.15, 0.2) is 54.7 Å². The third-order valence-electron chi connectivity index (χ3n) is 5.11. The zero-order valence-corrected chi connectivity index (χ0v) is 17.9.